The molecule has 1 aromatic carbocycles. The zero-order chi connectivity index (χ0) is 15.0. The van der Waals surface area contributed by atoms with Crippen LogP contribution in [0.1, 0.15) is 32.3 Å². The summed E-state index contributed by atoms with van der Waals surface area (Å²) in [7, 11) is 0. The minimum absolute atomic E-state index is 0.0763. The monoisotopic (exact) mass is 340 g/mol. The van der Waals surface area contributed by atoms with Crippen LogP contribution in [0.3, 0.4) is 0 Å². The van der Waals surface area contributed by atoms with E-state index < -0.39 is 0 Å². The molecule has 1 atom stereocenters. The Bertz CT molecular complexity index is 446. The van der Waals surface area contributed by atoms with Crippen molar-refractivity contribution in [3.63, 3.8) is 0 Å². The van der Waals surface area contributed by atoms with Crippen molar-refractivity contribution in [2.75, 3.05) is 11.9 Å². The first-order chi connectivity index (χ1) is 9.56. The molecule has 20 heavy (non-hydrogen) atoms. The molecule has 5 heteroatoms. The number of alkyl halides is 1. The summed E-state index contributed by atoms with van der Waals surface area (Å²) in [4.78, 5) is 23.0. The molecule has 4 nitrogen and oxygen atoms in total. The highest BCUT2D eigenvalue weighted by Crippen LogP contribution is 2.10. The average Bonchev–Trinajstić information content (AvgIpc) is 2.47. The molecule has 2 N–H and O–H groups in total. The summed E-state index contributed by atoms with van der Waals surface area (Å²) in [6.45, 7) is 4.36. The van der Waals surface area contributed by atoms with E-state index in [9.17, 15) is 9.59 Å². The van der Waals surface area contributed by atoms with Crippen molar-refractivity contribution in [2.24, 2.45) is 0 Å². The molecule has 1 unspecified atom stereocenters. The van der Waals surface area contributed by atoms with Gasteiger partial charge in [-0.3, -0.25) is 9.59 Å². The van der Waals surface area contributed by atoms with E-state index in [1.54, 1.807) is 0 Å². The van der Waals surface area contributed by atoms with Gasteiger partial charge in [-0.05, 0) is 30.5 Å². The second-order valence-corrected chi connectivity index (χ2v) is 5.62. The van der Waals surface area contributed by atoms with Crippen molar-refractivity contribution in [1.82, 2.24) is 5.32 Å². The normalized spacial score (nSPS) is 11.8. The lowest BCUT2D eigenvalue weighted by Gasteiger charge is -2.09. The fraction of sp³-hybridized carbons (Fsp3) is 0.467. The minimum Gasteiger partial charge on any atom is -0.355 e. The Balaban J connectivity index is 2.31. The summed E-state index contributed by atoms with van der Waals surface area (Å²) in [6.07, 6.45) is 1.97. The highest BCUT2D eigenvalue weighted by molar-refractivity contribution is 9.10. The third-order valence-electron chi connectivity index (χ3n) is 2.94. The molecule has 0 aromatic heterocycles. The van der Waals surface area contributed by atoms with E-state index in [0.717, 1.165) is 18.5 Å². The van der Waals surface area contributed by atoms with Gasteiger partial charge in [-0.15, -0.1) is 0 Å². The van der Waals surface area contributed by atoms with E-state index in [1.165, 1.54) is 5.56 Å². The molecule has 0 aliphatic heterocycles. The van der Waals surface area contributed by atoms with Gasteiger partial charge in [0, 0.05) is 18.7 Å². The summed E-state index contributed by atoms with van der Waals surface area (Å²) in [5, 5.41) is 5.53. The zero-order valence-corrected chi connectivity index (χ0v) is 13.5. The van der Waals surface area contributed by atoms with E-state index >= 15 is 0 Å². The van der Waals surface area contributed by atoms with E-state index in [2.05, 4.69) is 33.5 Å². The number of hydrogen-bond donors (Lipinski definition) is 2. The van der Waals surface area contributed by atoms with Gasteiger partial charge < -0.3 is 10.6 Å². The summed E-state index contributed by atoms with van der Waals surface area (Å²) >= 11 is 3.26. The number of benzene rings is 1. The van der Waals surface area contributed by atoms with Crippen LogP contribution in [0.2, 0.25) is 0 Å². The fourth-order valence-corrected chi connectivity index (χ4v) is 1.80. The summed E-state index contributed by atoms with van der Waals surface area (Å²) in [6, 6.07) is 7.77. The molecule has 0 saturated carbocycles. The lowest BCUT2D eigenvalue weighted by Crippen LogP contribution is -2.33. The number of carbonyl (C=O) groups excluding carboxylic acids is 2. The van der Waals surface area contributed by atoms with Gasteiger partial charge in [0.1, 0.15) is 0 Å². The molecule has 0 aliphatic rings. The lowest BCUT2D eigenvalue weighted by atomic mass is 10.1. The molecule has 0 spiro atoms. The number of nitrogens with one attached hydrogen (secondary N) is 2. The Kier molecular flexibility index (Phi) is 7.30. The van der Waals surface area contributed by atoms with Gasteiger partial charge in [0.25, 0.3) is 0 Å². The van der Waals surface area contributed by atoms with Gasteiger partial charge in [-0.2, -0.15) is 0 Å². The number of carbonyl (C=O) groups is 2. The van der Waals surface area contributed by atoms with Crippen LogP contribution in [0.4, 0.5) is 5.69 Å². The number of amides is 2. The molecule has 0 fully saturated rings. The molecule has 0 radical (unpaired) electrons. The van der Waals surface area contributed by atoms with Gasteiger partial charge in [-0.25, -0.2) is 0 Å². The van der Waals surface area contributed by atoms with Crippen molar-refractivity contribution < 1.29 is 9.59 Å². The number of halogens is 1. The smallest absolute Gasteiger partial charge is 0.233 e. The summed E-state index contributed by atoms with van der Waals surface area (Å²) in [5.74, 6) is -0.176. The van der Waals surface area contributed by atoms with E-state index in [-0.39, 0.29) is 23.1 Å². The largest absolute Gasteiger partial charge is 0.355 e. The summed E-state index contributed by atoms with van der Waals surface area (Å²) < 4.78 is 0. The zero-order valence-electron chi connectivity index (χ0n) is 11.9. The minimum atomic E-state index is -0.188. The fourth-order valence-electron chi connectivity index (χ4n) is 1.64. The Morgan fingerprint density at radius 1 is 1.20 bits per heavy atom. The third kappa shape index (κ3) is 5.74. The van der Waals surface area contributed by atoms with Crippen molar-refractivity contribution in [3.8, 4) is 0 Å². The van der Waals surface area contributed by atoms with Crippen LogP contribution in [0.5, 0.6) is 0 Å². The standard InChI is InChI=1S/C15H21BrN2O2/c1-3-11-5-7-12(8-6-11)18-14(19)9-10-17-15(20)13(16)4-2/h5-8,13H,3-4,9-10H2,1-2H3,(H,17,20)(H,18,19). The molecule has 0 saturated heterocycles. The van der Waals surface area contributed by atoms with Gasteiger partial charge in [0.2, 0.25) is 11.8 Å². The van der Waals surface area contributed by atoms with Crippen LogP contribution in [-0.2, 0) is 16.0 Å². The van der Waals surface area contributed by atoms with E-state index in [1.807, 2.05) is 31.2 Å². The molecule has 0 heterocycles. The molecule has 1 rings (SSSR count). The van der Waals surface area contributed by atoms with Gasteiger partial charge in [0.15, 0.2) is 0 Å². The van der Waals surface area contributed by atoms with Crippen LogP contribution in [0.25, 0.3) is 0 Å². The van der Waals surface area contributed by atoms with Crippen LogP contribution >= 0.6 is 15.9 Å². The maximum atomic E-state index is 11.7. The Morgan fingerprint density at radius 3 is 2.40 bits per heavy atom. The second-order valence-electron chi connectivity index (χ2n) is 4.52. The molecular weight excluding hydrogens is 320 g/mol. The van der Waals surface area contributed by atoms with Gasteiger partial charge in [0.05, 0.1) is 4.83 Å². The molecule has 0 aliphatic carbocycles. The number of hydrogen-bond acceptors (Lipinski definition) is 2. The van der Waals surface area contributed by atoms with Gasteiger partial charge >= 0.3 is 0 Å². The Hall–Kier alpha value is -1.36. The molecular formula is C15H21BrN2O2. The maximum Gasteiger partial charge on any atom is 0.233 e. The van der Waals surface area contributed by atoms with E-state index in [0.29, 0.717) is 6.54 Å². The van der Waals surface area contributed by atoms with Crippen LogP contribution in [0.15, 0.2) is 24.3 Å². The third-order valence-corrected chi connectivity index (χ3v) is 4.00. The molecule has 0 bridgehead atoms. The number of anilines is 1. The first kappa shape index (κ1) is 16.7. The second kappa shape index (κ2) is 8.74. The highest BCUT2D eigenvalue weighted by Gasteiger charge is 2.11. The first-order valence-electron chi connectivity index (χ1n) is 6.87. The lowest BCUT2D eigenvalue weighted by molar-refractivity contribution is -0.120. The first-order valence-corrected chi connectivity index (χ1v) is 7.79. The Morgan fingerprint density at radius 2 is 1.85 bits per heavy atom. The van der Waals surface area contributed by atoms with Crippen molar-refractivity contribution >= 4 is 33.4 Å². The predicted octanol–water partition coefficient (Wildman–Crippen LogP) is 2.87. The van der Waals surface area contributed by atoms with Crippen molar-refractivity contribution in [2.45, 2.75) is 37.9 Å². The van der Waals surface area contributed by atoms with Crippen LogP contribution in [-0.4, -0.2) is 23.2 Å². The SMILES string of the molecule is CCc1ccc(NC(=O)CCNC(=O)C(Br)CC)cc1. The summed E-state index contributed by atoms with van der Waals surface area (Å²) in [5.41, 5.74) is 2.02. The highest BCUT2D eigenvalue weighted by atomic mass is 79.9. The predicted molar refractivity (Wildman–Crippen MR) is 85.1 cm³/mol. The molecule has 110 valence electrons. The van der Waals surface area contributed by atoms with Crippen molar-refractivity contribution in [1.29, 1.82) is 0 Å². The van der Waals surface area contributed by atoms with Gasteiger partial charge in [-0.1, -0.05) is 41.9 Å². The van der Waals surface area contributed by atoms with Crippen molar-refractivity contribution in [3.05, 3.63) is 29.8 Å². The maximum absolute atomic E-state index is 11.7. The van der Waals surface area contributed by atoms with Crippen LogP contribution < -0.4 is 10.6 Å². The van der Waals surface area contributed by atoms with E-state index in [4.69, 9.17) is 0 Å². The number of rotatable bonds is 7. The topological polar surface area (TPSA) is 58.2 Å². The number of aryl methyl sites for hydroxylation is 1. The molecule has 2 amide bonds. The quantitative estimate of drug-likeness (QED) is 0.750. The average molecular weight is 341 g/mol. The van der Waals surface area contributed by atoms with Crippen LogP contribution in [0, 0.1) is 0 Å². The molecule has 1 aromatic rings. The Labute approximate surface area is 128 Å².